The molecule has 4 aromatic rings. The molecule has 0 spiro atoms. The van der Waals surface area contributed by atoms with Crippen LogP contribution >= 0.6 is 11.8 Å². The second-order valence-corrected chi connectivity index (χ2v) is 8.40. The van der Waals surface area contributed by atoms with Crippen molar-refractivity contribution in [3.05, 3.63) is 90.0 Å². The van der Waals surface area contributed by atoms with Crippen LogP contribution in [0.15, 0.2) is 78.0 Å². The van der Waals surface area contributed by atoms with Gasteiger partial charge in [0.2, 0.25) is 5.91 Å². The van der Waals surface area contributed by atoms with E-state index in [9.17, 15) is 13.6 Å². The topological polar surface area (TPSA) is 60.2 Å². The minimum atomic E-state index is -0.751. The van der Waals surface area contributed by atoms with Gasteiger partial charge in [0.05, 0.1) is 18.6 Å². The largest absolute Gasteiger partial charge is 0.496 e. The minimum Gasteiger partial charge on any atom is -0.496 e. The Labute approximate surface area is 200 Å². The third-order valence-electron chi connectivity index (χ3n) is 5.17. The van der Waals surface area contributed by atoms with Crippen LogP contribution in [0.5, 0.6) is 5.75 Å². The fourth-order valence-corrected chi connectivity index (χ4v) is 4.32. The van der Waals surface area contributed by atoms with E-state index in [1.807, 2.05) is 54.6 Å². The number of halogens is 2. The number of ether oxygens (including phenoxy) is 1. The smallest absolute Gasteiger partial charge is 0.233 e. The zero-order valence-electron chi connectivity index (χ0n) is 18.6. The molecule has 0 aliphatic carbocycles. The fraction of sp³-hybridized carbons (Fsp3) is 0.160. The van der Waals surface area contributed by atoms with E-state index < -0.39 is 11.6 Å². The Kier molecular flexibility index (Phi) is 7.22. The average molecular weight is 481 g/mol. The quantitative estimate of drug-likeness (QED) is 0.333. The van der Waals surface area contributed by atoms with Crippen molar-refractivity contribution in [3.63, 3.8) is 0 Å². The number of thioether (sulfide) groups is 1. The number of hydrogen-bond donors (Lipinski definition) is 0. The zero-order chi connectivity index (χ0) is 24.1. The molecule has 0 atom stereocenters. The number of aromatic nitrogens is 3. The van der Waals surface area contributed by atoms with Crippen molar-refractivity contribution >= 4 is 17.7 Å². The first-order valence-corrected chi connectivity index (χ1v) is 11.4. The Bertz CT molecular complexity index is 1300. The molecule has 0 radical (unpaired) electrons. The van der Waals surface area contributed by atoms with Gasteiger partial charge in [-0.2, -0.15) is 0 Å². The number of carbonyl (C=O) groups is 1. The zero-order valence-corrected chi connectivity index (χ0v) is 19.4. The van der Waals surface area contributed by atoms with Crippen molar-refractivity contribution in [3.8, 4) is 22.8 Å². The summed E-state index contributed by atoms with van der Waals surface area (Å²) in [5, 5.41) is 8.75. The van der Waals surface area contributed by atoms with Gasteiger partial charge >= 0.3 is 0 Å². The van der Waals surface area contributed by atoms with E-state index in [1.165, 1.54) is 16.7 Å². The molecule has 0 bridgehead atoms. The molecule has 0 unspecified atom stereocenters. The molecule has 3 aromatic carbocycles. The van der Waals surface area contributed by atoms with Gasteiger partial charge in [-0.1, -0.05) is 60.3 Å². The lowest BCUT2D eigenvalue weighted by Gasteiger charge is -2.18. The van der Waals surface area contributed by atoms with Gasteiger partial charge in [0.25, 0.3) is 0 Å². The van der Waals surface area contributed by atoms with Crippen LogP contribution in [0.25, 0.3) is 17.1 Å². The van der Waals surface area contributed by atoms with Crippen LogP contribution in [0, 0.1) is 11.6 Å². The molecule has 34 heavy (non-hydrogen) atoms. The van der Waals surface area contributed by atoms with Crippen molar-refractivity contribution in [2.24, 2.45) is 0 Å². The van der Waals surface area contributed by atoms with Gasteiger partial charge in [0.15, 0.2) is 11.0 Å². The van der Waals surface area contributed by atoms with Gasteiger partial charge in [0, 0.05) is 30.8 Å². The van der Waals surface area contributed by atoms with Crippen molar-refractivity contribution in [1.29, 1.82) is 0 Å². The Morgan fingerprint density at radius 2 is 1.76 bits per heavy atom. The molecule has 0 aliphatic rings. The minimum absolute atomic E-state index is 0.0569. The molecule has 9 heteroatoms. The summed E-state index contributed by atoms with van der Waals surface area (Å²) in [6.45, 7) is 0.373. The number of para-hydroxylation sites is 1. The second-order valence-electron chi connectivity index (χ2n) is 7.45. The lowest BCUT2D eigenvalue weighted by Crippen LogP contribution is -2.28. The number of methoxy groups -OCH3 is 1. The molecule has 1 heterocycles. The van der Waals surface area contributed by atoms with E-state index in [-0.39, 0.29) is 17.3 Å². The molecule has 0 N–H and O–H groups in total. The van der Waals surface area contributed by atoms with Crippen LogP contribution < -0.4 is 4.74 Å². The molecule has 174 valence electrons. The van der Waals surface area contributed by atoms with Crippen molar-refractivity contribution in [2.75, 3.05) is 19.9 Å². The van der Waals surface area contributed by atoms with E-state index in [1.54, 1.807) is 19.1 Å². The maximum atomic E-state index is 14.7. The lowest BCUT2D eigenvalue weighted by molar-refractivity contribution is -0.127. The highest BCUT2D eigenvalue weighted by Gasteiger charge is 2.21. The number of carbonyl (C=O) groups excluding carboxylic acids is 1. The second kappa shape index (κ2) is 10.5. The Balaban J connectivity index is 1.58. The normalized spacial score (nSPS) is 10.8. The van der Waals surface area contributed by atoms with E-state index in [4.69, 9.17) is 4.74 Å². The molecule has 4 rings (SSSR count). The molecular formula is C25H22F2N4O2S. The van der Waals surface area contributed by atoms with E-state index in [0.29, 0.717) is 28.8 Å². The van der Waals surface area contributed by atoms with Crippen LogP contribution in [0.4, 0.5) is 8.78 Å². The molecule has 0 aliphatic heterocycles. The highest BCUT2D eigenvalue weighted by molar-refractivity contribution is 7.99. The summed E-state index contributed by atoms with van der Waals surface area (Å²) in [6.07, 6.45) is 0. The first-order valence-electron chi connectivity index (χ1n) is 10.4. The summed E-state index contributed by atoms with van der Waals surface area (Å²) in [5.41, 5.74) is 1.70. The van der Waals surface area contributed by atoms with Gasteiger partial charge in [-0.15, -0.1) is 10.2 Å². The lowest BCUT2D eigenvalue weighted by atomic mass is 10.2. The highest BCUT2D eigenvalue weighted by atomic mass is 32.2. The van der Waals surface area contributed by atoms with E-state index in [0.717, 1.165) is 23.4 Å². The van der Waals surface area contributed by atoms with Crippen LogP contribution in [-0.4, -0.2) is 45.5 Å². The number of nitrogens with zero attached hydrogens (tertiary/aromatic N) is 4. The van der Waals surface area contributed by atoms with Gasteiger partial charge in [-0.05, 0) is 18.2 Å². The van der Waals surface area contributed by atoms with Crippen LogP contribution in [0.1, 0.15) is 5.56 Å². The molecule has 1 amide bonds. The van der Waals surface area contributed by atoms with E-state index >= 15 is 0 Å². The van der Waals surface area contributed by atoms with Gasteiger partial charge in [0.1, 0.15) is 17.4 Å². The van der Waals surface area contributed by atoms with E-state index in [2.05, 4.69) is 10.2 Å². The number of rotatable bonds is 8. The Morgan fingerprint density at radius 3 is 2.50 bits per heavy atom. The monoisotopic (exact) mass is 480 g/mol. The molecule has 1 aromatic heterocycles. The van der Waals surface area contributed by atoms with Crippen LogP contribution in [0.3, 0.4) is 0 Å². The van der Waals surface area contributed by atoms with Gasteiger partial charge in [-0.3, -0.25) is 9.36 Å². The fourth-order valence-electron chi connectivity index (χ4n) is 3.43. The maximum absolute atomic E-state index is 14.7. The van der Waals surface area contributed by atoms with Gasteiger partial charge in [-0.25, -0.2) is 8.78 Å². The number of hydrogen-bond acceptors (Lipinski definition) is 5. The Hall–Kier alpha value is -3.72. The standard InChI is InChI=1S/C25H22F2N4O2S/c1-30(15-18-10-6-7-11-22(18)33-2)23(32)16-34-25-29-28-24(17-8-4-3-5-9-17)31(25)21-13-12-19(26)14-20(21)27/h3-14H,15-16H2,1-2H3. The molecule has 0 fully saturated rings. The van der Waals surface area contributed by atoms with Crippen molar-refractivity contribution in [1.82, 2.24) is 19.7 Å². The predicted molar refractivity (Wildman–Crippen MR) is 127 cm³/mol. The van der Waals surface area contributed by atoms with Crippen molar-refractivity contribution in [2.45, 2.75) is 11.7 Å². The first kappa shape index (κ1) is 23.4. The van der Waals surface area contributed by atoms with Crippen LogP contribution in [0.2, 0.25) is 0 Å². The summed E-state index contributed by atoms with van der Waals surface area (Å²) < 4.78 is 35.1. The first-order chi connectivity index (χ1) is 16.5. The number of benzene rings is 3. The highest BCUT2D eigenvalue weighted by Crippen LogP contribution is 2.30. The van der Waals surface area contributed by atoms with Gasteiger partial charge < -0.3 is 9.64 Å². The Morgan fingerprint density at radius 1 is 1.03 bits per heavy atom. The SMILES string of the molecule is COc1ccccc1CN(C)C(=O)CSc1nnc(-c2ccccc2)n1-c1ccc(F)cc1F. The third kappa shape index (κ3) is 5.09. The summed E-state index contributed by atoms with van der Waals surface area (Å²) >= 11 is 1.13. The molecule has 0 saturated heterocycles. The van der Waals surface area contributed by atoms with Crippen molar-refractivity contribution < 1.29 is 18.3 Å². The molecule has 0 saturated carbocycles. The summed E-state index contributed by atoms with van der Waals surface area (Å²) in [6, 6.07) is 20.0. The molecule has 6 nitrogen and oxygen atoms in total. The predicted octanol–water partition coefficient (Wildman–Crippen LogP) is 4.97. The summed E-state index contributed by atoms with van der Waals surface area (Å²) in [4.78, 5) is 14.4. The summed E-state index contributed by atoms with van der Waals surface area (Å²) in [7, 11) is 3.29. The number of amides is 1. The average Bonchev–Trinajstić information content (AvgIpc) is 3.27. The maximum Gasteiger partial charge on any atom is 0.233 e. The third-order valence-corrected chi connectivity index (χ3v) is 6.08. The van der Waals surface area contributed by atoms with Crippen LogP contribution in [-0.2, 0) is 11.3 Å². The summed E-state index contributed by atoms with van der Waals surface area (Å²) in [5.74, 6) is -0.429. The molecular weight excluding hydrogens is 458 g/mol.